The van der Waals surface area contributed by atoms with Gasteiger partial charge in [0.2, 0.25) is 0 Å². The van der Waals surface area contributed by atoms with Gasteiger partial charge in [0.15, 0.2) is 17.3 Å². The summed E-state index contributed by atoms with van der Waals surface area (Å²) in [6.07, 6.45) is -1.04. The van der Waals surface area contributed by atoms with Crippen molar-refractivity contribution in [1.82, 2.24) is 4.57 Å². The topological polar surface area (TPSA) is 96.2 Å². The van der Waals surface area contributed by atoms with Crippen LogP contribution in [0.2, 0.25) is 0 Å². The molecule has 0 spiro atoms. The highest BCUT2D eigenvalue weighted by atomic mass is 16.5. The van der Waals surface area contributed by atoms with Crippen LogP contribution in [0.25, 0.3) is 22.0 Å². The van der Waals surface area contributed by atoms with Crippen LogP contribution in [0.4, 0.5) is 0 Å². The molecule has 0 radical (unpaired) electrons. The van der Waals surface area contributed by atoms with Crippen LogP contribution in [0.15, 0.2) is 65.5 Å². The lowest BCUT2D eigenvalue weighted by Gasteiger charge is -2.20. The van der Waals surface area contributed by atoms with E-state index in [4.69, 9.17) is 18.9 Å². The van der Waals surface area contributed by atoms with Crippen LogP contribution in [0.5, 0.6) is 23.0 Å². The molecular formula is C28H25NO7. The molecular weight excluding hydrogens is 462 g/mol. The second kappa shape index (κ2) is 9.39. The number of pyridine rings is 1. The molecule has 1 N–H and O–H groups in total. The van der Waals surface area contributed by atoms with Gasteiger partial charge < -0.3 is 28.6 Å². The third-order valence-electron chi connectivity index (χ3n) is 6.33. The van der Waals surface area contributed by atoms with Crippen molar-refractivity contribution in [2.45, 2.75) is 12.6 Å². The van der Waals surface area contributed by atoms with Gasteiger partial charge in [-0.3, -0.25) is 9.59 Å². The van der Waals surface area contributed by atoms with E-state index in [0.29, 0.717) is 45.0 Å². The van der Waals surface area contributed by atoms with Crippen LogP contribution in [0.1, 0.15) is 15.9 Å². The first-order valence-electron chi connectivity index (χ1n) is 11.4. The Morgan fingerprint density at radius 2 is 1.53 bits per heavy atom. The van der Waals surface area contributed by atoms with E-state index in [9.17, 15) is 14.7 Å². The van der Waals surface area contributed by atoms with Crippen LogP contribution in [0, 0.1) is 0 Å². The first kappa shape index (κ1) is 23.4. The van der Waals surface area contributed by atoms with Gasteiger partial charge >= 0.3 is 0 Å². The Balaban J connectivity index is 1.61. The van der Waals surface area contributed by atoms with Crippen molar-refractivity contribution in [2.24, 2.45) is 0 Å². The van der Waals surface area contributed by atoms with E-state index in [1.54, 1.807) is 55.6 Å². The van der Waals surface area contributed by atoms with Crippen LogP contribution in [0.3, 0.4) is 0 Å². The molecule has 4 aromatic rings. The molecule has 0 saturated carbocycles. The minimum absolute atomic E-state index is 0.0591. The molecule has 0 fully saturated rings. The first-order chi connectivity index (χ1) is 17.5. The molecule has 1 aromatic heterocycles. The van der Waals surface area contributed by atoms with Crippen molar-refractivity contribution in [3.63, 3.8) is 0 Å². The summed E-state index contributed by atoms with van der Waals surface area (Å²) in [4.78, 5) is 27.4. The van der Waals surface area contributed by atoms with Crippen molar-refractivity contribution in [3.8, 4) is 34.3 Å². The number of aliphatic hydroxyl groups is 1. The normalized spacial score (nSPS) is 12.7. The van der Waals surface area contributed by atoms with Gasteiger partial charge in [0.1, 0.15) is 24.2 Å². The van der Waals surface area contributed by atoms with E-state index in [1.165, 1.54) is 18.8 Å². The third kappa shape index (κ3) is 3.76. The molecule has 0 bridgehead atoms. The van der Waals surface area contributed by atoms with Gasteiger partial charge in [-0.05, 0) is 36.4 Å². The predicted molar refractivity (Wildman–Crippen MR) is 135 cm³/mol. The number of aromatic nitrogens is 1. The maximum Gasteiger partial charge on any atom is 0.262 e. The van der Waals surface area contributed by atoms with Gasteiger partial charge in [0, 0.05) is 16.5 Å². The maximum atomic E-state index is 13.9. The zero-order chi connectivity index (χ0) is 25.4. The fourth-order valence-electron chi connectivity index (χ4n) is 4.68. The van der Waals surface area contributed by atoms with Gasteiger partial charge in [-0.25, -0.2) is 0 Å². The minimum atomic E-state index is -1.04. The van der Waals surface area contributed by atoms with Crippen molar-refractivity contribution in [1.29, 1.82) is 0 Å². The van der Waals surface area contributed by atoms with Crippen LogP contribution in [-0.2, 0) is 6.54 Å². The number of hydrogen-bond donors (Lipinski definition) is 1. The number of benzene rings is 3. The maximum absolute atomic E-state index is 13.9. The molecule has 8 heteroatoms. The van der Waals surface area contributed by atoms with Gasteiger partial charge in [0.25, 0.3) is 5.56 Å². The van der Waals surface area contributed by atoms with Gasteiger partial charge in [-0.1, -0.05) is 24.3 Å². The molecule has 5 rings (SSSR count). The Morgan fingerprint density at radius 1 is 0.833 bits per heavy atom. The summed E-state index contributed by atoms with van der Waals surface area (Å²) >= 11 is 0. The van der Waals surface area contributed by atoms with E-state index in [1.807, 2.05) is 12.1 Å². The standard InChI is InChI=1S/C28H25NO7/c1-33-17-8-10-18(11-9-17)36-15-16(30)14-29-25-19-6-4-5-7-20(19)26(31)23(25)21-12-13-22(34-2)27(35-3)24(21)28(29)32/h4-13,16,30H,14-15H2,1-3H3. The second-order valence-corrected chi connectivity index (χ2v) is 8.38. The Labute approximate surface area is 207 Å². The molecule has 3 aromatic carbocycles. The molecule has 1 atom stereocenters. The molecule has 36 heavy (non-hydrogen) atoms. The number of carbonyl (C=O) groups excluding carboxylic acids is 1. The quantitative estimate of drug-likeness (QED) is 0.357. The van der Waals surface area contributed by atoms with Crippen molar-refractivity contribution in [2.75, 3.05) is 27.9 Å². The second-order valence-electron chi connectivity index (χ2n) is 8.38. The predicted octanol–water partition coefficient (Wildman–Crippen LogP) is 3.68. The van der Waals surface area contributed by atoms with E-state index < -0.39 is 11.7 Å². The number of fused-ring (bicyclic) bond motifs is 5. The average molecular weight is 488 g/mol. The van der Waals surface area contributed by atoms with Crippen molar-refractivity contribution in [3.05, 3.63) is 82.1 Å². The van der Waals surface area contributed by atoms with E-state index >= 15 is 0 Å². The monoisotopic (exact) mass is 487 g/mol. The average Bonchev–Trinajstić information content (AvgIpc) is 3.21. The Bertz CT molecular complexity index is 1520. The Morgan fingerprint density at radius 3 is 2.19 bits per heavy atom. The van der Waals surface area contributed by atoms with E-state index in [-0.39, 0.29) is 30.1 Å². The molecule has 1 unspecified atom stereocenters. The van der Waals surface area contributed by atoms with Crippen LogP contribution < -0.4 is 24.5 Å². The fraction of sp³-hybridized carbons (Fsp3) is 0.214. The first-order valence-corrected chi connectivity index (χ1v) is 11.4. The summed E-state index contributed by atoms with van der Waals surface area (Å²) < 4.78 is 23.2. The molecule has 1 aliphatic rings. The van der Waals surface area contributed by atoms with Crippen molar-refractivity contribution >= 4 is 16.6 Å². The zero-order valence-corrected chi connectivity index (χ0v) is 20.1. The molecule has 0 amide bonds. The lowest BCUT2D eigenvalue weighted by atomic mass is 10.0. The number of hydrogen-bond acceptors (Lipinski definition) is 7. The zero-order valence-electron chi connectivity index (χ0n) is 20.1. The fourth-order valence-corrected chi connectivity index (χ4v) is 4.68. The summed E-state index contributed by atoms with van der Waals surface area (Å²) in [5.74, 6) is 1.67. The Hall–Kier alpha value is -4.30. The summed E-state index contributed by atoms with van der Waals surface area (Å²) in [6, 6.07) is 17.5. The molecule has 8 nitrogen and oxygen atoms in total. The molecule has 0 aliphatic heterocycles. The number of nitrogens with zero attached hydrogens (tertiary/aromatic N) is 1. The molecule has 184 valence electrons. The largest absolute Gasteiger partial charge is 0.497 e. The SMILES string of the molecule is COc1ccc(OCC(O)Cn2c3c(c4ccc(OC)c(OC)c4c2=O)C(=O)c2ccccc2-3)cc1. The van der Waals surface area contributed by atoms with Gasteiger partial charge in [-0.2, -0.15) is 0 Å². The molecule has 1 aliphatic carbocycles. The molecule has 1 heterocycles. The lowest BCUT2D eigenvalue weighted by Crippen LogP contribution is -2.32. The van der Waals surface area contributed by atoms with Gasteiger partial charge in [0.05, 0.1) is 44.5 Å². The smallest absolute Gasteiger partial charge is 0.262 e. The number of ketones is 1. The van der Waals surface area contributed by atoms with Gasteiger partial charge in [-0.15, -0.1) is 0 Å². The third-order valence-corrected chi connectivity index (χ3v) is 6.33. The minimum Gasteiger partial charge on any atom is -0.497 e. The molecule has 0 saturated heterocycles. The summed E-state index contributed by atoms with van der Waals surface area (Å²) in [5, 5.41) is 11.6. The summed E-state index contributed by atoms with van der Waals surface area (Å²) in [6.45, 7) is -0.147. The highest BCUT2D eigenvalue weighted by Gasteiger charge is 2.34. The number of aliphatic hydroxyl groups excluding tert-OH is 1. The van der Waals surface area contributed by atoms with Crippen LogP contribution in [-0.4, -0.2) is 49.5 Å². The number of rotatable bonds is 8. The van der Waals surface area contributed by atoms with E-state index in [0.717, 1.165) is 0 Å². The number of methoxy groups -OCH3 is 3. The van der Waals surface area contributed by atoms with Crippen LogP contribution >= 0.6 is 0 Å². The number of carbonyl (C=O) groups is 1. The van der Waals surface area contributed by atoms with E-state index in [2.05, 4.69) is 0 Å². The summed E-state index contributed by atoms with van der Waals surface area (Å²) in [5.41, 5.74) is 1.63. The Kier molecular flexibility index (Phi) is 6.12. The van der Waals surface area contributed by atoms with Crippen molar-refractivity contribution < 1.29 is 28.8 Å². The lowest BCUT2D eigenvalue weighted by molar-refractivity contribution is 0.0919. The summed E-state index contributed by atoms with van der Waals surface area (Å²) in [7, 11) is 4.51. The highest BCUT2D eigenvalue weighted by Crippen LogP contribution is 2.43. The number of ether oxygens (including phenoxy) is 4. The highest BCUT2D eigenvalue weighted by molar-refractivity contribution is 6.27.